The number of carbonyl (C=O) groups excluding carboxylic acids is 1. The Balaban J connectivity index is 1.89. The predicted molar refractivity (Wildman–Crippen MR) is 92.2 cm³/mol. The van der Waals surface area contributed by atoms with Crippen molar-refractivity contribution in [1.82, 2.24) is 4.90 Å². The topological polar surface area (TPSA) is 50.8 Å². The van der Waals surface area contributed by atoms with Crippen molar-refractivity contribution in [1.29, 1.82) is 0 Å². The Hall–Kier alpha value is -1.75. The highest BCUT2D eigenvalue weighted by molar-refractivity contribution is 5.92. The fourth-order valence-corrected chi connectivity index (χ4v) is 3.36. The van der Waals surface area contributed by atoms with Gasteiger partial charge < -0.3 is 19.7 Å². The molecule has 0 spiro atoms. The molecule has 2 atom stereocenters. The molecular formula is C18H28N2O3. The fraction of sp³-hybridized carbons (Fsp3) is 0.611. The molecule has 5 nitrogen and oxygen atoms in total. The number of rotatable bonds is 6. The predicted octanol–water partition coefficient (Wildman–Crippen LogP) is 3.01. The summed E-state index contributed by atoms with van der Waals surface area (Å²) in [4.78, 5) is 14.6. The molecule has 1 aromatic rings. The van der Waals surface area contributed by atoms with Gasteiger partial charge in [0.2, 0.25) is 5.91 Å². The van der Waals surface area contributed by atoms with Crippen molar-refractivity contribution in [2.24, 2.45) is 11.8 Å². The molecule has 1 fully saturated rings. The first-order valence-electron chi connectivity index (χ1n) is 8.26. The molecule has 0 unspecified atom stereocenters. The van der Waals surface area contributed by atoms with Crippen LogP contribution in [0.15, 0.2) is 18.2 Å². The molecule has 0 aromatic heterocycles. The summed E-state index contributed by atoms with van der Waals surface area (Å²) in [5.74, 6) is 2.75. The number of amides is 1. The number of nitrogens with zero attached hydrogens (tertiary/aromatic N) is 1. The summed E-state index contributed by atoms with van der Waals surface area (Å²) >= 11 is 0. The number of methoxy groups -OCH3 is 2. The second-order valence-corrected chi connectivity index (χ2v) is 6.57. The second kappa shape index (κ2) is 8.20. The van der Waals surface area contributed by atoms with E-state index >= 15 is 0 Å². The summed E-state index contributed by atoms with van der Waals surface area (Å²) in [5.41, 5.74) is 0.650. The average molecular weight is 320 g/mol. The third-order valence-electron chi connectivity index (χ3n) is 4.28. The summed E-state index contributed by atoms with van der Waals surface area (Å²) in [7, 11) is 3.19. The maximum absolute atomic E-state index is 12.3. The zero-order chi connectivity index (χ0) is 16.8. The van der Waals surface area contributed by atoms with Crippen LogP contribution in [-0.2, 0) is 4.79 Å². The van der Waals surface area contributed by atoms with Crippen molar-refractivity contribution >= 4 is 11.6 Å². The molecule has 2 rings (SSSR count). The molecule has 1 aliphatic rings. The van der Waals surface area contributed by atoms with Gasteiger partial charge in [0.1, 0.15) is 11.5 Å². The molecule has 1 aliphatic heterocycles. The van der Waals surface area contributed by atoms with E-state index in [9.17, 15) is 4.79 Å². The summed E-state index contributed by atoms with van der Waals surface area (Å²) in [6.07, 6.45) is 1.77. The van der Waals surface area contributed by atoms with Crippen LogP contribution in [0.2, 0.25) is 0 Å². The van der Waals surface area contributed by atoms with Crippen LogP contribution in [0.25, 0.3) is 0 Å². The van der Waals surface area contributed by atoms with E-state index in [0.29, 0.717) is 35.4 Å². The van der Waals surface area contributed by atoms with Crippen LogP contribution in [0.1, 0.15) is 26.7 Å². The lowest BCUT2D eigenvalue weighted by Gasteiger charge is -2.34. The highest BCUT2D eigenvalue weighted by Gasteiger charge is 2.22. The van der Waals surface area contributed by atoms with E-state index in [1.807, 2.05) is 6.07 Å². The second-order valence-electron chi connectivity index (χ2n) is 6.57. The fourth-order valence-electron chi connectivity index (χ4n) is 3.36. The highest BCUT2D eigenvalue weighted by Crippen LogP contribution is 2.29. The summed E-state index contributed by atoms with van der Waals surface area (Å²) in [6, 6.07) is 5.38. The molecule has 128 valence electrons. The van der Waals surface area contributed by atoms with E-state index in [2.05, 4.69) is 24.1 Å². The lowest BCUT2D eigenvalue weighted by molar-refractivity contribution is -0.116. The van der Waals surface area contributed by atoms with Gasteiger partial charge in [-0.05, 0) is 30.4 Å². The normalized spacial score (nSPS) is 21.7. The third kappa shape index (κ3) is 5.13. The Labute approximate surface area is 139 Å². The molecule has 5 heteroatoms. The Bertz CT molecular complexity index is 523. The number of nitrogens with one attached hydrogen (secondary N) is 1. The van der Waals surface area contributed by atoms with Gasteiger partial charge in [-0.3, -0.25) is 4.79 Å². The van der Waals surface area contributed by atoms with Crippen molar-refractivity contribution in [3.05, 3.63) is 18.2 Å². The lowest BCUT2D eigenvalue weighted by atomic mass is 9.92. The van der Waals surface area contributed by atoms with Crippen molar-refractivity contribution in [2.75, 3.05) is 39.2 Å². The monoisotopic (exact) mass is 320 g/mol. The van der Waals surface area contributed by atoms with Crippen LogP contribution in [0.3, 0.4) is 0 Å². The van der Waals surface area contributed by atoms with Crippen LogP contribution in [0, 0.1) is 11.8 Å². The first-order chi connectivity index (χ1) is 11.0. The largest absolute Gasteiger partial charge is 0.497 e. The van der Waals surface area contributed by atoms with Gasteiger partial charge in [-0.2, -0.15) is 0 Å². The number of hydrogen-bond acceptors (Lipinski definition) is 4. The number of benzene rings is 1. The maximum Gasteiger partial charge on any atom is 0.225 e. The van der Waals surface area contributed by atoms with Crippen LogP contribution in [0.4, 0.5) is 5.69 Å². The molecule has 23 heavy (non-hydrogen) atoms. The van der Waals surface area contributed by atoms with Gasteiger partial charge >= 0.3 is 0 Å². The number of anilines is 1. The van der Waals surface area contributed by atoms with E-state index in [1.165, 1.54) is 6.42 Å². The number of piperidine rings is 1. The van der Waals surface area contributed by atoms with Gasteiger partial charge in [0.05, 0.1) is 19.9 Å². The third-order valence-corrected chi connectivity index (χ3v) is 4.28. The minimum absolute atomic E-state index is 0.00225. The lowest BCUT2D eigenvalue weighted by Crippen LogP contribution is -2.40. The molecule has 1 saturated heterocycles. The first-order valence-corrected chi connectivity index (χ1v) is 8.26. The minimum atomic E-state index is 0.00225. The number of hydrogen-bond donors (Lipinski definition) is 1. The summed E-state index contributed by atoms with van der Waals surface area (Å²) in [6.45, 7) is 7.53. The highest BCUT2D eigenvalue weighted by atomic mass is 16.5. The summed E-state index contributed by atoms with van der Waals surface area (Å²) in [5, 5.41) is 2.93. The van der Waals surface area contributed by atoms with Crippen molar-refractivity contribution < 1.29 is 14.3 Å². The molecule has 1 heterocycles. The SMILES string of the molecule is COc1ccc(OC)c(NC(=O)CCN2C[C@@H](C)C[C@H](C)C2)c1. The van der Waals surface area contributed by atoms with Crippen LogP contribution in [0.5, 0.6) is 11.5 Å². The van der Waals surface area contributed by atoms with Crippen LogP contribution in [-0.4, -0.2) is 44.7 Å². The van der Waals surface area contributed by atoms with Crippen LogP contribution < -0.4 is 14.8 Å². The average Bonchev–Trinajstić information content (AvgIpc) is 2.52. The Morgan fingerprint density at radius 1 is 1.22 bits per heavy atom. The number of carbonyl (C=O) groups is 1. The molecule has 0 aliphatic carbocycles. The van der Waals surface area contributed by atoms with Gasteiger partial charge in [-0.25, -0.2) is 0 Å². The van der Waals surface area contributed by atoms with Gasteiger partial charge in [0.15, 0.2) is 0 Å². The van der Waals surface area contributed by atoms with Crippen LogP contribution >= 0.6 is 0 Å². The van der Waals surface area contributed by atoms with Gasteiger partial charge in [-0.15, -0.1) is 0 Å². The molecule has 0 radical (unpaired) electrons. The molecule has 1 N–H and O–H groups in total. The van der Waals surface area contributed by atoms with Gasteiger partial charge in [0.25, 0.3) is 0 Å². The number of likely N-dealkylation sites (tertiary alicyclic amines) is 1. The number of ether oxygens (including phenoxy) is 2. The Morgan fingerprint density at radius 2 is 1.91 bits per heavy atom. The first kappa shape index (κ1) is 17.6. The minimum Gasteiger partial charge on any atom is -0.497 e. The smallest absolute Gasteiger partial charge is 0.225 e. The molecule has 0 saturated carbocycles. The van der Waals surface area contributed by atoms with E-state index in [1.54, 1.807) is 26.4 Å². The zero-order valence-corrected chi connectivity index (χ0v) is 14.6. The van der Waals surface area contributed by atoms with Crippen molar-refractivity contribution in [3.63, 3.8) is 0 Å². The molecule has 0 bridgehead atoms. The Morgan fingerprint density at radius 3 is 2.52 bits per heavy atom. The van der Waals surface area contributed by atoms with E-state index in [0.717, 1.165) is 19.6 Å². The quantitative estimate of drug-likeness (QED) is 0.875. The molecule has 1 aromatic carbocycles. The van der Waals surface area contributed by atoms with E-state index < -0.39 is 0 Å². The van der Waals surface area contributed by atoms with E-state index in [-0.39, 0.29) is 5.91 Å². The Kier molecular flexibility index (Phi) is 6.28. The van der Waals surface area contributed by atoms with Crippen molar-refractivity contribution in [2.45, 2.75) is 26.7 Å². The standard InChI is InChI=1S/C18H28N2O3/c1-13-9-14(2)12-20(11-13)8-7-18(21)19-16-10-15(22-3)5-6-17(16)23-4/h5-6,10,13-14H,7-9,11-12H2,1-4H3,(H,19,21)/t13-,14-/m0/s1. The zero-order valence-electron chi connectivity index (χ0n) is 14.6. The summed E-state index contributed by atoms with van der Waals surface area (Å²) < 4.78 is 10.5. The van der Waals surface area contributed by atoms with Crippen molar-refractivity contribution in [3.8, 4) is 11.5 Å². The van der Waals surface area contributed by atoms with Gasteiger partial charge in [0, 0.05) is 32.1 Å². The van der Waals surface area contributed by atoms with E-state index in [4.69, 9.17) is 9.47 Å². The molecule has 1 amide bonds. The van der Waals surface area contributed by atoms with Gasteiger partial charge in [-0.1, -0.05) is 13.8 Å². The molecular weight excluding hydrogens is 292 g/mol. The maximum atomic E-state index is 12.3.